The fraction of sp³-hybridized carbons (Fsp3) is 0.286. The number of amides is 1. The van der Waals surface area contributed by atoms with E-state index in [1.165, 1.54) is 5.56 Å². The molecule has 0 radical (unpaired) electrons. The lowest BCUT2D eigenvalue weighted by atomic mass is 9.87. The van der Waals surface area contributed by atoms with Crippen molar-refractivity contribution in [2.24, 2.45) is 0 Å². The molecule has 0 fully saturated rings. The van der Waals surface area contributed by atoms with E-state index in [0.717, 1.165) is 28.2 Å². The van der Waals surface area contributed by atoms with Gasteiger partial charge in [-0.05, 0) is 54.3 Å². The number of para-hydroxylation sites is 2. The topological polar surface area (TPSA) is 56.2 Å². The summed E-state index contributed by atoms with van der Waals surface area (Å²) in [6.07, 6.45) is 0. The molecule has 0 saturated heterocycles. The zero-order chi connectivity index (χ0) is 23.4. The molecule has 0 saturated carbocycles. The molecule has 33 heavy (non-hydrogen) atoms. The molecule has 0 aliphatic heterocycles. The van der Waals surface area contributed by atoms with Gasteiger partial charge in [0.15, 0.2) is 0 Å². The summed E-state index contributed by atoms with van der Waals surface area (Å²) in [7, 11) is 0. The van der Waals surface area contributed by atoms with Crippen molar-refractivity contribution < 1.29 is 9.53 Å². The van der Waals surface area contributed by atoms with Gasteiger partial charge in [0, 0.05) is 5.56 Å². The van der Waals surface area contributed by atoms with Gasteiger partial charge in [0.2, 0.25) is 0 Å². The van der Waals surface area contributed by atoms with Crippen molar-refractivity contribution in [3.8, 4) is 5.75 Å². The number of carbonyl (C=O) groups excluding carboxylic acids is 1. The standard InChI is InChI=1S/C28H31N3O2/c1-20-9-11-21(12-10-20)27(32)29-19-26-30-24-7-5-6-8-25(24)31(26)17-18-33-23-15-13-22(14-16-23)28(2,3)4/h5-16H,17-19H2,1-4H3,(H,29,32). The zero-order valence-corrected chi connectivity index (χ0v) is 19.8. The van der Waals surface area contributed by atoms with E-state index in [-0.39, 0.29) is 11.3 Å². The highest BCUT2D eigenvalue weighted by Gasteiger charge is 2.14. The van der Waals surface area contributed by atoms with Gasteiger partial charge in [-0.25, -0.2) is 4.98 Å². The van der Waals surface area contributed by atoms with Gasteiger partial charge in [-0.1, -0.05) is 62.7 Å². The van der Waals surface area contributed by atoms with Gasteiger partial charge in [-0.2, -0.15) is 0 Å². The Hall–Kier alpha value is -3.60. The lowest BCUT2D eigenvalue weighted by Crippen LogP contribution is -2.25. The van der Waals surface area contributed by atoms with Crippen LogP contribution in [0.3, 0.4) is 0 Å². The van der Waals surface area contributed by atoms with Crippen LogP contribution in [0.25, 0.3) is 11.0 Å². The van der Waals surface area contributed by atoms with Crippen LogP contribution in [0.1, 0.15) is 48.1 Å². The number of carbonyl (C=O) groups is 1. The molecule has 0 unspecified atom stereocenters. The summed E-state index contributed by atoms with van der Waals surface area (Å²) in [4.78, 5) is 17.3. The molecular weight excluding hydrogens is 410 g/mol. The van der Waals surface area contributed by atoms with Crippen molar-refractivity contribution in [2.75, 3.05) is 6.61 Å². The average molecular weight is 442 g/mol. The lowest BCUT2D eigenvalue weighted by Gasteiger charge is -2.19. The Labute approximate surface area is 195 Å². The van der Waals surface area contributed by atoms with Crippen molar-refractivity contribution in [1.29, 1.82) is 0 Å². The molecule has 1 amide bonds. The molecule has 4 rings (SSSR count). The zero-order valence-electron chi connectivity index (χ0n) is 19.8. The molecule has 0 atom stereocenters. The van der Waals surface area contributed by atoms with Gasteiger partial charge in [0.1, 0.15) is 18.2 Å². The molecule has 0 bridgehead atoms. The third-order valence-electron chi connectivity index (χ3n) is 5.76. The molecule has 5 nitrogen and oxygen atoms in total. The quantitative estimate of drug-likeness (QED) is 0.403. The Balaban J connectivity index is 1.44. The largest absolute Gasteiger partial charge is 0.492 e. The molecule has 5 heteroatoms. The molecular formula is C28H31N3O2. The van der Waals surface area contributed by atoms with E-state index < -0.39 is 0 Å². The van der Waals surface area contributed by atoms with Crippen LogP contribution in [0.5, 0.6) is 5.75 Å². The van der Waals surface area contributed by atoms with Gasteiger partial charge in [-0.3, -0.25) is 4.79 Å². The van der Waals surface area contributed by atoms with E-state index >= 15 is 0 Å². The highest BCUT2D eigenvalue weighted by atomic mass is 16.5. The molecule has 1 heterocycles. The number of ether oxygens (including phenoxy) is 1. The first-order chi connectivity index (χ1) is 15.8. The number of nitrogens with one attached hydrogen (secondary N) is 1. The van der Waals surface area contributed by atoms with Crippen LogP contribution >= 0.6 is 0 Å². The Morgan fingerprint density at radius 1 is 0.970 bits per heavy atom. The van der Waals surface area contributed by atoms with E-state index in [1.807, 2.05) is 67.6 Å². The molecule has 170 valence electrons. The predicted octanol–water partition coefficient (Wildman–Crippen LogP) is 5.65. The maximum absolute atomic E-state index is 12.6. The van der Waals surface area contributed by atoms with Gasteiger partial charge in [0.05, 0.1) is 24.1 Å². The normalized spacial score (nSPS) is 11.5. The summed E-state index contributed by atoms with van der Waals surface area (Å²) in [6.45, 7) is 10.1. The van der Waals surface area contributed by atoms with Crippen LogP contribution in [-0.4, -0.2) is 22.1 Å². The van der Waals surface area contributed by atoms with Crippen molar-refractivity contribution in [2.45, 2.75) is 46.2 Å². The van der Waals surface area contributed by atoms with E-state index in [9.17, 15) is 4.79 Å². The maximum Gasteiger partial charge on any atom is 0.251 e. The number of aromatic nitrogens is 2. The number of imidazole rings is 1. The molecule has 3 aromatic carbocycles. The smallest absolute Gasteiger partial charge is 0.251 e. The van der Waals surface area contributed by atoms with Crippen molar-refractivity contribution >= 4 is 16.9 Å². The minimum absolute atomic E-state index is 0.108. The summed E-state index contributed by atoms with van der Waals surface area (Å²) in [5.41, 5.74) is 5.11. The summed E-state index contributed by atoms with van der Waals surface area (Å²) < 4.78 is 8.14. The fourth-order valence-corrected chi connectivity index (χ4v) is 3.78. The van der Waals surface area contributed by atoms with Crippen LogP contribution < -0.4 is 10.1 Å². The first kappa shape index (κ1) is 22.6. The number of benzene rings is 3. The van der Waals surface area contributed by atoms with E-state index in [0.29, 0.717) is 25.3 Å². The molecule has 0 aliphatic rings. The Kier molecular flexibility index (Phi) is 6.50. The van der Waals surface area contributed by atoms with Gasteiger partial charge in [0.25, 0.3) is 5.91 Å². The second-order valence-electron chi connectivity index (χ2n) is 9.34. The predicted molar refractivity (Wildman–Crippen MR) is 133 cm³/mol. The fourth-order valence-electron chi connectivity index (χ4n) is 3.78. The second-order valence-corrected chi connectivity index (χ2v) is 9.34. The monoisotopic (exact) mass is 441 g/mol. The van der Waals surface area contributed by atoms with Crippen LogP contribution in [-0.2, 0) is 18.5 Å². The van der Waals surface area contributed by atoms with Gasteiger partial charge < -0.3 is 14.6 Å². The first-order valence-electron chi connectivity index (χ1n) is 11.3. The summed E-state index contributed by atoms with van der Waals surface area (Å²) in [5, 5.41) is 3.00. The third kappa shape index (κ3) is 5.43. The highest BCUT2D eigenvalue weighted by molar-refractivity contribution is 5.94. The van der Waals surface area contributed by atoms with Crippen LogP contribution in [0, 0.1) is 6.92 Å². The summed E-state index contributed by atoms with van der Waals surface area (Å²) in [6, 6.07) is 23.9. The van der Waals surface area contributed by atoms with Crippen molar-refractivity contribution in [1.82, 2.24) is 14.9 Å². The Bertz CT molecular complexity index is 1230. The first-order valence-corrected chi connectivity index (χ1v) is 11.3. The number of nitrogens with zero attached hydrogens (tertiary/aromatic N) is 2. The minimum Gasteiger partial charge on any atom is -0.492 e. The summed E-state index contributed by atoms with van der Waals surface area (Å²) in [5.74, 6) is 1.55. The summed E-state index contributed by atoms with van der Waals surface area (Å²) >= 11 is 0. The molecule has 0 aliphatic carbocycles. The lowest BCUT2D eigenvalue weighted by molar-refractivity contribution is 0.0949. The van der Waals surface area contributed by atoms with Crippen LogP contribution in [0.4, 0.5) is 0 Å². The Morgan fingerprint density at radius 3 is 2.36 bits per heavy atom. The molecule has 4 aromatic rings. The van der Waals surface area contributed by atoms with Crippen LogP contribution in [0.15, 0.2) is 72.8 Å². The number of hydrogen-bond donors (Lipinski definition) is 1. The maximum atomic E-state index is 12.6. The van der Waals surface area contributed by atoms with Gasteiger partial charge in [-0.15, -0.1) is 0 Å². The second kappa shape index (κ2) is 9.49. The SMILES string of the molecule is Cc1ccc(C(=O)NCc2nc3ccccc3n2CCOc2ccc(C(C)(C)C)cc2)cc1. The number of fused-ring (bicyclic) bond motifs is 1. The van der Waals surface area contributed by atoms with E-state index in [1.54, 1.807) is 0 Å². The van der Waals surface area contributed by atoms with Gasteiger partial charge >= 0.3 is 0 Å². The minimum atomic E-state index is -0.108. The van der Waals surface area contributed by atoms with E-state index in [2.05, 4.69) is 42.8 Å². The van der Waals surface area contributed by atoms with Crippen molar-refractivity contribution in [3.05, 3.63) is 95.3 Å². The third-order valence-corrected chi connectivity index (χ3v) is 5.76. The molecule has 0 spiro atoms. The Morgan fingerprint density at radius 2 is 1.67 bits per heavy atom. The molecule has 1 aromatic heterocycles. The number of aryl methyl sites for hydroxylation is 1. The van der Waals surface area contributed by atoms with E-state index in [4.69, 9.17) is 9.72 Å². The van der Waals surface area contributed by atoms with Crippen LogP contribution in [0.2, 0.25) is 0 Å². The average Bonchev–Trinajstić information content (AvgIpc) is 3.15. The number of hydrogen-bond acceptors (Lipinski definition) is 3. The molecule has 1 N–H and O–H groups in total. The highest BCUT2D eigenvalue weighted by Crippen LogP contribution is 2.24. The number of rotatable bonds is 7. The van der Waals surface area contributed by atoms with Crippen molar-refractivity contribution in [3.63, 3.8) is 0 Å².